The first-order valence-electron chi connectivity index (χ1n) is 7.66. The molecule has 1 atom stereocenters. The number of amides is 1. The van der Waals surface area contributed by atoms with Gasteiger partial charge >= 0.3 is 0 Å². The average Bonchev–Trinajstić information content (AvgIpc) is 2.95. The van der Waals surface area contributed by atoms with Crippen molar-refractivity contribution in [2.75, 3.05) is 12.3 Å². The molecule has 0 bridgehead atoms. The zero-order valence-corrected chi connectivity index (χ0v) is 13.6. The lowest BCUT2D eigenvalue weighted by atomic mass is 10.1. The number of thioether (sulfide) groups is 1. The summed E-state index contributed by atoms with van der Waals surface area (Å²) in [5.74, 6) is 0.819. The molecule has 1 fully saturated rings. The summed E-state index contributed by atoms with van der Waals surface area (Å²) in [6.07, 6.45) is 5.52. The number of hydrogen-bond acceptors (Lipinski definition) is 3. The van der Waals surface area contributed by atoms with Gasteiger partial charge in [0.1, 0.15) is 5.37 Å². The lowest BCUT2D eigenvalue weighted by Gasteiger charge is -2.24. The second kappa shape index (κ2) is 6.97. The highest BCUT2D eigenvalue weighted by molar-refractivity contribution is 8.00. The van der Waals surface area contributed by atoms with Crippen molar-refractivity contribution in [3.05, 3.63) is 65.5 Å². The molecule has 1 aromatic carbocycles. The van der Waals surface area contributed by atoms with E-state index in [1.165, 1.54) is 16.7 Å². The van der Waals surface area contributed by atoms with Gasteiger partial charge in [0.15, 0.2) is 0 Å². The Morgan fingerprint density at radius 1 is 1.14 bits per heavy atom. The van der Waals surface area contributed by atoms with Crippen molar-refractivity contribution in [2.45, 2.75) is 25.1 Å². The molecular formula is C18H20N2OS. The Bertz CT molecular complexity index is 627. The maximum Gasteiger partial charge on any atom is 0.233 e. The van der Waals surface area contributed by atoms with E-state index in [9.17, 15) is 4.79 Å². The Morgan fingerprint density at radius 2 is 1.86 bits per heavy atom. The molecule has 1 unspecified atom stereocenters. The van der Waals surface area contributed by atoms with E-state index >= 15 is 0 Å². The summed E-state index contributed by atoms with van der Waals surface area (Å²) in [7, 11) is 0. The van der Waals surface area contributed by atoms with E-state index in [0.29, 0.717) is 5.75 Å². The molecule has 0 aliphatic carbocycles. The third-order valence-corrected chi connectivity index (χ3v) is 5.29. The second-order valence-corrected chi connectivity index (χ2v) is 6.52. The fraction of sp³-hybridized carbons (Fsp3) is 0.333. The molecule has 2 aromatic rings. The van der Waals surface area contributed by atoms with Gasteiger partial charge < -0.3 is 4.90 Å². The molecule has 3 nitrogen and oxygen atoms in total. The number of aromatic nitrogens is 1. The highest BCUT2D eigenvalue weighted by atomic mass is 32.2. The molecule has 1 saturated heterocycles. The van der Waals surface area contributed by atoms with Crippen LogP contribution in [0.4, 0.5) is 0 Å². The number of pyridine rings is 1. The predicted octanol–water partition coefficient (Wildman–Crippen LogP) is 3.46. The van der Waals surface area contributed by atoms with E-state index in [0.717, 1.165) is 19.4 Å². The summed E-state index contributed by atoms with van der Waals surface area (Å²) >= 11 is 1.72. The van der Waals surface area contributed by atoms with Crippen LogP contribution in [0.15, 0.2) is 48.8 Å². The molecule has 1 aliphatic heterocycles. The van der Waals surface area contributed by atoms with Gasteiger partial charge in [0.05, 0.1) is 5.75 Å². The van der Waals surface area contributed by atoms with E-state index in [-0.39, 0.29) is 11.3 Å². The summed E-state index contributed by atoms with van der Waals surface area (Å²) in [5.41, 5.74) is 3.78. The lowest BCUT2D eigenvalue weighted by Crippen LogP contribution is -2.30. The van der Waals surface area contributed by atoms with Gasteiger partial charge in [-0.05, 0) is 41.7 Å². The Morgan fingerprint density at radius 3 is 2.55 bits per heavy atom. The Balaban J connectivity index is 1.71. The van der Waals surface area contributed by atoms with Crippen LogP contribution in [-0.2, 0) is 17.6 Å². The van der Waals surface area contributed by atoms with Crippen LogP contribution in [0, 0.1) is 0 Å². The molecule has 1 amide bonds. The second-order valence-electron chi connectivity index (χ2n) is 5.45. The zero-order valence-electron chi connectivity index (χ0n) is 12.7. The van der Waals surface area contributed by atoms with Crippen LogP contribution in [0.1, 0.15) is 29.0 Å². The minimum absolute atomic E-state index is 0.153. The maximum absolute atomic E-state index is 12.2. The fourth-order valence-electron chi connectivity index (χ4n) is 2.69. The molecule has 4 heteroatoms. The van der Waals surface area contributed by atoms with Crippen LogP contribution in [0.25, 0.3) is 0 Å². The van der Waals surface area contributed by atoms with Crippen LogP contribution in [0.2, 0.25) is 0 Å². The normalized spacial score (nSPS) is 18.0. The minimum Gasteiger partial charge on any atom is -0.326 e. The number of benzene rings is 1. The first-order chi connectivity index (χ1) is 10.8. The predicted molar refractivity (Wildman–Crippen MR) is 90.7 cm³/mol. The number of nitrogens with zero attached hydrogens (tertiary/aromatic N) is 2. The number of carbonyl (C=O) groups excluding carboxylic acids is 1. The van der Waals surface area contributed by atoms with E-state index in [1.807, 2.05) is 17.0 Å². The smallest absolute Gasteiger partial charge is 0.233 e. The molecule has 22 heavy (non-hydrogen) atoms. The summed E-state index contributed by atoms with van der Waals surface area (Å²) in [4.78, 5) is 18.2. The van der Waals surface area contributed by atoms with Crippen LogP contribution >= 0.6 is 11.8 Å². The topological polar surface area (TPSA) is 33.2 Å². The fourth-order valence-corrected chi connectivity index (χ4v) is 3.91. The lowest BCUT2D eigenvalue weighted by molar-refractivity contribution is -0.128. The van der Waals surface area contributed by atoms with Gasteiger partial charge in [-0.3, -0.25) is 9.78 Å². The van der Waals surface area contributed by atoms with Crippen molar-refractivity contribution in [3.63, 3.8) is 0 Å². The van der Waals surface area contributed by atoms with Gasteiger partial charge in [-0.2, -0.15) is 0 Å². The summed E-state index contributed by atoms with van der Waals surface area (Å²) in [6.45, 7) is 2.92. The van der Waals surface area contributed by atoms with Gasteiger partial charge in [-0.1, -0.05) is 31.2 Å². The Kier molecular flexibility index (Phi) is 4.78. The van der Waals surface area contributed by atoms with E-state index in [1.54, 1.807) is 24.2 Å². The number of aryl methyl sites for hydroxylation is 1. The zero-order chi connectivity index (χ0) is 15.4. The number of rotatable bonds is 5. The quantitative estimate of drug-likeness (QED) is 0.847. The molecule has 3 rings (SSSR count). The summed E-state index contributed by atoms with van der Waals surface area (Å²) in [6, 6.07) is 12.7. The third-order valence-electron chi connectivity index (χ3n) is 4.03. The summed E-state index contributed by atoms with van der Waals surface area (Å²) < 4.78 is 0. The first kappa shape index (κ1) is 15.1. The van der Waals surface area contributed by atoms with Crippen molar-refractivity contribution in [1.82, 2.24) is 9.88 Å². The molecular weight excluding hydrogens is 292 g/mol. The minimum atomic E-state index is 0.153. The highest BCUT2D eigenvalue weighted by Crippen LogP contribution is 2.38. The van der Waals surface area contributed by atoms with E-state index in [2.05, 4.69) is 36.2 Å². The van der Waals surface area contributed by atoms with Gasteiger partial charge in [0, 0.05) is 18.9 Å². The standard InChI is InChI=1S/C18H20N2OS/c1-2-14-3-5-16(6-4-14)18-20(17(21)13-22-18)12-9-15-7-10-19-11-8-15/h3-8,10-11,18H,2,9,12-13H2,1H3. The molecule has 0 saturated carbocycles. The highest BCUT2D eigenvalue weighted by Gasteiger charge is 2.32. The third kappa shape index (κ3) is 3.33. The van der Waals surface area contributed by atoms with Gasteiger partial charge in [0.25, 0.3) is 0 Å². The van der Waals surface area contributed by atoms with Crippen molar-refractivity contribution < 1.29 is 4.79 Å². The Hall–Kier alpha value is -1.81. The molecule has 1 aliphatic rings. The monoisotopic (exact) mass is 312 g/mol. The van der Waals surface area contributed by atoms with Gasteiger partial charge in [-0.15, -0.1) is 11.8 Å². The van der Waals surface area contributed by atoms with Crippen LogP contribution in [0.3, 0.4) is 0 Å². The largest absolute Gasteiger partial charge is 0.326 e. The maximum atomic E-state index is 12.2. The SMILES string of the molecule is CCc1ccc(C2SCC(=O)N2CCc2ccncc2)cc1. The first-order valence-corrected chi connectivity index (χ1v) is 8.71. The van der Waals surface area contributed by atoms with Gasteiger partial charge in [-0.25, -0.2) is 0 Å². The van der Waals surface area contributed by atoms with E-state index < -0.39 is 0 Å². The van der Waals surface area contributed by atoms with Crippen molar-refractivity contribution in [1.29, 1.82) is 0 Å². The Labute approximate surface area is 135 Å². The molecule has 0 N–H and O–H groups in total. The van der Waals surface area contributed by atoms with Crippen LogP contribution in [0.5, 0.6) is 0 Å². The molecule has 1 aromatic heterocycles. The molecule has 0 radical (unpaired) electrons. The average molecular weight is 312 g/mol. The van der Waals surface area contributed by atoms with Crippen molar-refractivity contribution in [3.8, 4) is 0 Å². The van der Waals surface area contributed by atoms with Crippen molar-refractivity contribution >= 4 is 17.7 Å². The number of hydrogen-bond donors (Lipinski definition) is 0. The molecule has 114 valence electrons. The van der Waals surface area contributed by atoms with E-state index in [4.69, 9.17) is 0 Å². The number of carbonyl (C=O) groups is 1. The molecule has 0 spiro atoms. The van der Waals surface area contributed by atoms with Crippen LogP contribution in [-0.4, -0.2) is 28.1 Å². The van der Waals surface area contributed by atoms with Gasteiger partial charge in [0.2, 0.25) is 5.91 Å². The summed E-state index contributed by atoms with van der Waals surface area (Å²) in [5, 5.41) is 0.153. The molecule has 2 heterocycles. The van der Waals surface area contributed by atoms with Crippen LogP contribution < -0.4 is 0 Å². The van der Waals surface area contributed by atoms with Crippen molar-refractivity contribution in [2.24, 2.45) is 0 Å².